The first kappa shape index (κ1) is 10.1. The zero-order valence-corrected chi connectivity index (χ0v) is 8.10. The summed E-state index contributed by atoms with van der Waals surface area (Å²) in [5, 5.41) is 7.57. The molecule has 1 heterocycles. The van der Waals surface area contributed by atoms with E-state index in [4.69, 9.17) is 10.5 Å². The second-order valence-corrected chi connectivity index (χ2v) is 2.87. The minimum Gasteiger partial charge on any atom is -0.382 e. The van der Waals surface area contributed by atoms with Crippen molar-refractivity contribution in [2.24, 2.45) is 12.8 Å². The quantitative estimate of drug-likeness (QED) is 0.666. The van der Waals surface area contributed by atoms with Gasteiger partial charge >= 0.3 is 0 Å². The zero-order valence-electron chi connectivity index (χ0n) is 8.10. The number of aromatic nitrogens is 3. The van der Waals surface area contributed by atoms with E-state index in [0.717, 1.165) is 18.7 Å². The van der Waals surface area contributed by atoms with E-state index in [-0.39, 0.29) is 6.04 Å². The summed E-state index contributed by atoms with van der Waals surface area (Å²) in [6, 6.07) is -0.0356. The minimum atomic E-state index is -0.0356. The Hall–Kier alpha value is -0.940. The third kappa shape index (κ3) is 2.78. The van der Waals surface area contributed by atoms with Crippen molar-refractivity contribution in [3.05, 3.63) is 11.9 Å². The average Bonchev–Trinajstić information content (AvgIpc) is 2.52. The van der Waals surface area contributed by atoms with Crippen LogP contribution in [0.1, 0.15) is 25.1 Å². The molecule has 1 aromatic heterocycles. The first-order valence-corrected chi connectivity index (χ1v) is 4.43. The Kier molecular flexibility index (Phi) is 3.85. The fourth-order valence-electron chi connectivity index (χ4n) is 1.14. The molecule has 0 spiro atoms. The summed E-state index contributed by atoms with van der Waals surface area (Å²) in [6.45, 7) is 3.39. The Morgan fingerprint density at radius 3 is 3.00 bits per heavy atom. The van der Waals surface area contributed by atoms with E-state index in [0.29, 0.717) is 6.61 Å². The molecule has 0 radical (unpaired) electrons. The van der Waals surface area contributed by atoms with Crippen LogP contribution < -0.4 is 5.73 Å². The molecule has 1 atom stereocenters. The Bertz CT molecular complexity index is 248. The topological polar surface area (TPSA) is 66.0 Å². The van der Waals surface area contributed by atoms with E-state index in [1.807, 2.05) is 14.0 Å². The van der Waals surface area contributed by atoms with Gasteiger partial charge in [-0.15, -0.1) is 5.10 Å². The van der Waals surface area contributed by atoms with Crippen molar-refractivity contribution in [2.75, 3.05) is 13.2 Å². The maximum atomic E-state index is 5.90. The van der Waals surface area contributed by atoms with Crippen LogP contribution in [0.3, 0.4) is 0 Å². The van der Waals surface area contributed by atoms with Crippen LogP contribution in [0.25, 0.3) is 0 Å². The summed E-state index contributed by atoms with van der Waals surface area (Å²) < 4.78 is 6.90. The molecule has 2 N–H and O–H groups in total. The summed E-state index contributed by atoms with van der Waals surface area (Å²) >= 11 is 0. The van der Waals surface area contributed by atoms with Gasteiger partial charge in [0.2, 0.25) is 0 Å². The number of nitrogens with two attached hydrogens (primary N) is 1. The van der Waals surface area contributed by atoms with E-state index in [9.17, 15) is 0 Å². The predicted molar refractivity (Wildman–Crippen MR) is 49.0 cm³/mol. The number of ether oxygens (including phenoxy) is 1. The molecule has 0 aliphatic carbocycles. The van der Waals surface area contributed by atoms with Crippen molar-refractivity contribution >= 4 is 0 Å². The molecule has 0 bridgehead atoms. The van der Waals surface area contributed by atoms with Gasteiger partial charge in [0.15, 0.2) is 0 Å². The Morgan fingerprint density at radius 1 is 1.69 bits per heavy atom. The molecule has 0 amide bonds. The van der Waals surface area contributed by atoms with Gasteiger partial charge in [-0.2, -0.15) is 0 Å². The fraction of sp³-hybridized carbons (Fsp3) is 0.750. The first-order chi connectivity index (χ1) is 6.25. The van der Waals surface area contributed by atoms with Gasteiger partial charge in [-0.25, -0.2) is 0 Å². The second kappa shape index (κ2) is 4.94. The van der Waals surface area contributed by atoms with Gasteiger partial charge in [0.1, 0.15) is 0 Å². The molecule has 13 heavy (non-hydrogen) atoms. The lowest BCUT2D eigenvalue weighted by atomic mass is 10.2. The maximum Gasteiger partial charge on any atom is 0.0751 e. The van der Waals surface area contributed by atoms with Crippen LogP contribution in [0.4, 0.5) is 0 Å². The van der Waals surface area contributed by atoms with Crippen molar-refractivity contribution in [3.8, 4) is 0 Å². The predicted octanol–water partition coefficient (Wildman–Crippen LogP) is 0.241. The summed E-state index contributed by atoms with van der Waals surface area (Å²) in [4.78, 5) is 0. The lowest BCUT2D eigenvalue weighted by Crippen LogP contribution is -2.16. The van der Waals surface area contributed by atoms with Crippen molar-refractivity contribution in [3.63, 3.8) is 0 Å². The summed E-state index contributed by atoms with van der Waals surface area (Å²) in [7, 11) is 1.84. The highest BCUT2D eigenvalue weighted by Crippen LogP contribution is 2.10. The average molecular weight is 184 g/mol. The highest BCUT2D eigenvalue weighted by atomic mass is 16.5. The normalized spacial score (nSPS) is 13.2. The van der Waals surface area contributed by atoms with Gasteiger partial charge in [-0.05, 0) is 13.3 Å². The van der Waals surface area contributed by atoms with E-state index < -0.39 is 0 Å². The van der Waals surface area contributed by atoms with Crippen LogP contribution in [0, 0.1) is 0 Å². The number of nitrogens with zero attached hydrogens (tertiary/aromatic N) is 3. The van der Waals surface area contributed by atoms with Crippen LogP contribution in [-0.2, 0) is 11.8 Å². The zero-order chi connectivity index (χ0) is 9.68. The van der Waals surface area contributed by atoms with Gasteiger partial charge in [-0.3, -0.25) is 4.68 Å². The molecule has 1 rings (SSSR count). The first-order valence-electron chi connectivity index (χ1n) is 4.43. The molecule has 0 aliphatic heterocycles. The number of aryl methyl sites for hydroxylation is 1. The van der Waals surface area contributed by atoms with Crippen LogP contribution in [0.2, 0.25) is 0 Å². The molecule has 0 fully saturated rings. The smallest absolute Gasteiger partial charge is 0.0751 e. The molecule has 1 unspecified atom stereocenters. The van der Waals surface area contributed by atoms with Crippen molar-refractivity contribution in [1.29, 1.82) is 0 Å². The van der Waals surface area contributed by atoms with Gasteiger partial charge in [-0.1, -0.05) is 5.21 Å². The molecular formula is C8H16N4O. The van der Waals surface area contributed by atoms with E-state index >= 15 is 0 Å². The molecular weight excluding hydrogens is 168 g/mol. The second-order valence-electron chi connectivity index (χ2n) is 2.87. The third-order valence-corrected chi connectivity index (χ3v) is 1.91. The molecule has 0 aliphatic rings. The molecule has 5 heteroatoms. The van der Waals surface area contributed by atoms with Crippen LogP contribution >= 0.6 is 0 Å². The van der Waals surface area contributed by atoms with Gasteiger partial charge in [0.25, 0.3) is 0 Å². The highest BCUT2D eigenvalue weighted by molar-refractivity contribution is 5.00. The van der Waals surface area contributed by atoms with Gasteiger partial charge in [0, 0.05) is 20.3 Å². The Balaban J connectivity index is 2.39. The maximum absolute atomic E-state index is 5.90. The lowest BCUT2D eigenvalue weighted by molar-refractivity contribution is 0.139. The SMILES string of the molecule is CCOCCC(N)c1cnnn1C. The fourth-order valence-corrected chi connectivity index (χ4v) is 1.14. The lowest BCUT2D eigenvalue weighted by Gasteiger charge is -2.10. The van der Waals surface area contributed by atoms with Crippen molar-refractivity contribution in [2.45, 2.75) is 19.4 Å². The van der Waals surface area contributed by atoms with Gasteiger partial charge in [0.05, 0.1) is 17.9 Å². The summed E-state index contributed by atoms with van der Waals surface area (Å²) in [5.41, 5.74) is 6.84. The molecule has 1 aromatic rings. The highest BCUT2D eigenvalue weighted by Gasteiger charge is 2.09. The Labute approximate surface area is 77.9 Å². The van der Waals surface area contributed by atoms with E-state index in [1.165, 1.54) is 0 Å². The molecule has 0 saturated heterocycles. The molecule has 5 nitrogen and oxygen atoms in total. The van der Waals surface area contributed by atoms with Crippen LogP contribution in [0.15, 0.2) is 6.20 Å². The van der Waals surface area contributed by atoms with E-state index in [1.54, 1.807) is 10.9 Å². The van der Waals surface area contributed by atoms with Crippen molar-refractivity contribution in [1.82, 2.24) is 15.0 Å². The van der Waals surface area contributed by atoms with Gasteiger partial charge < -0.3 is 10.5 Å². The number of hydrogen-bond acceptors (Lipinski definition) is 4. The largest absolute Gasteiger partial charge is 0.382 e. The molecule has 74 valence electrons. The molecule has 0 saturated carbocycles. The summed E-state index contributed by atoms with van der Waals surface area (Å²) in [6.07, 6.45) is 2.49. The summed E-state index contributed by atoms with van der Waals surface area (Å²) in [5.74, 6) is 0. The van der Waals surface area contributed by atoms with Crippen LogP contribution in [0.5, 0.6) is 0 Å². The molecule has 0 aromatic carbocycles. The number of hydrogen-bond donors (Lipinski definition) is 1. The Morgan fingerprint density at radius 2 is 2.46 bits per heavy atom. The number of rotatable bonds is 5. The minimum absolute atomic E-state index is 0.0356. The van der Waals surface area contributed by atoms with E-state index in [2.05, 4.69) is 10.3 Å². The monoisotopic (exact) mass is 184 g/mol. The van der Waals surface area contributed by atoms with Crippen molar-refractivity contribution < 1.29 is 4.74 Å². The third-order valence-electron chi connectivity index (χ3n) is 1.91. The standard InChI is InChI=1S/C8H16N4O/c1-3-13-5-4-7(9)8-6-10-11-12(8)2/h6-7H,3-5,9H2,1-2H3. The van der Waals surface area contributed by atoms with Crippen LogP contribution in [-0.4, -0.2) is 28.2 Å².